The lowest BCUT2D eigenvalue weighted by atomic mass is 9.94. The molecule has 2 heterocycles. The normalized spacial score (nSPS) is 11.6. The molecule has 3 rings (SSSR count). The number of nitrogens with zero attached hydrogens (tertiary/aromatic N) is 2. The number of carbonyl (C=O) groups is 2. The van der Waals surface area contributed by atoms with E-state index in [0.717, 1.165) is 16.2 Å². The number of aryl methyl sites for hydroxylation is 1. The second-order valence-corrected chi connectivity index (χ2v) is 8.75. The van der Waals surface area contributed by atoms with Crippen molar-refractivity contribution in [2.75, 3.05) is 10.6 Å². The van der Waals surface area contributed by atoms with Gasteiger partial charge in [-0.1, -0.05) is 38.2 Å². The molecule has 9 heteroatoms. The van der Waals surface area contributed by atoms with E-state index in [-0.39, 0.29) is 5.41 Å². The van der Waals surface area contributed by atoms with Gasteiger partial charge in [-0.25, -0.2) is 14.8 Å². The molecule has 0 bridgehead atoms. The molecular formula is C21H23N5O3S. The molecule has 0 aliphatic heterocycles. The van der Waals surface area contributed by atoms with Gasteiger partial charge < -0.3 is 15.5 Å². The van der Waals surface area contributed by atoms with Gasteiger partial charge in [0, 0.05) is 33.8 Å². The number of oxazole rings is 1. The van der Waals surface area contributed by atoms with Crippen molar-refractivity contribution in [3.05, 3.63) is 58.2 Å². The fraction of sp³-hybridized carbons (Fsp3) is 0.238. The van der Waals surface area contributed by atoms with Crippen molar-refractivity contribution in [3.63, 3.8) is 0 Å². The summed E-state index contributed by atoms with van der Waals surface area (Å²) >= 11 is 1.30. The second-order valence-electron chi connectivity index (χ2n) is 7.69. The highest BCUT2D eigenvalue weighted by molar-refractivity contribution is 7.16. The molecular weight excluding hydrogens is 402 g/mol. The summed E-state index contributed by atoms with van der Waals surface area (Å²) in [7, 11) is 0. The maximum atomic E-state index is 12.2. The molecule has 8 nitrogen and oxygen atoms in total. The zero-order chi connectivity index (χ0) is 21.9. The van der Waals surface area contributed by atoms with Gasteiger partial charge >= 0.3 is 6.03 Å². The summed E-state index contributed by atoms with van der Waals surface area (Å²) < 4.78 is 5.72. The van der Waals surface area contributed by atoms with Crippen LogP contribution in [0.1, 0.15) is 53.2 Å². The predicted octanol–water partition coefficient (Wildman–Crippen LogP) is 4.65. The van der Waals surface area contributed by atoms with Gasteiger partial charge in [-0.3, -0.25) is 10.1 Å². The van der Waals surface area contributed by atoms with E-state index in [1.54, 1.807) is 37.5 Å². The van der Waals surface area contributed by atoms with E-state index in [2.05, 4.69) is 41.4 Å². The molecule has 0 saturated heterocycles. The molecule has 0 aliphatic rings. The highest BCUT2D eigenvalue weighted by atomic mass is 32.1. The highest BCUT2D eigenvalue weighted by Gasteiger charge is 2.18. The summed E-state index contributed by atoms with van der Waals surface area (Å²) in [5, 5.41) is 5.76. The Morgan fingerprint density at radius 1 is 1.13 bits per heavy atom. The Morgan fingerprint density at radius 2 is 1.90 bits per heavy atom. The van der Waals surface area contributed by atoms with Crippen LogP contribution in [-0.2, 0) is 5.41 Å². The molecule has 0 saturated carbocycles. The first-order chi connectivity index (χ1) is 14.1. The minimum atomic E-state index is -0.548. The van der Waals surface area contributed by atoms with Gasteiger partial charge in [-0.05, 0) is 30.7 Å². The van der Waals surface area contributed by atoms with Crippen molar-refractivity contribution < 1.29 is 14.0 Å². The number of amides is 3. The highest BCUT2D eigenvalue weighted by Crippen LogP contribution is 2.25. The number of nitrogens with one attached hydrogen (secondary N) is 2. The molecule has 2 aromatic heterocycles. The van der Waals surface area contributed by atoms with Crippen LogP contribution in [0.2, 0.25) is 0 Å². The lowest BCUT2D eigenvalue weighted by molar-refractivity contribution is 0.0999. The molecule has 0 radical (unpaired) electrons. The van der Waals surface area contributed by atoms with Crippen LogP contribution in [0.25, 0.3) is 12.2 Å². The second kappa shape index (κ2) is 8.50. The van der Waals surface area contributed by atoms with Crippen molar-refractivity contribution in [1.82, 2.24) is 9.97 Å². The van der Waals surface area contributed by atoms with Crippen LogP contribution in [0.3, 0.4) is 0 Å². The fourth-order valence-corrected chi connectivity index (χ4v) is 3.22. The average Bonchev–Trinajstić information content (AvgIpc) is 3.30. The van der Waals surface area contributed by atoms with Crippen LogP contribution in [0.15, 0.2) is 35.0 Å². The molecule has 0 spiro atoms. The molecule has 0 fully saturated rings. The Balaban J connectivity index is 1.61. The molecule has 3 amide bonds. The number of carbonyl (C=O) groups excluding carboxylic acids is 2. The molecule has 156 valence electrons. The van der Waals surface area contributed by atoms with Crippen LogP contribution in [0, 0.1) is 6.92 Å². The van der Waals surface area contributed by atoms with Crippen LogP contribution in [0.5, 0.6) is 0 Å². The van der Waals surface area contributed by atoms with Crippen LogP contribution < -0.4 is 16.4 Å². The third kappa shape index (κ3) is 5.32. The molecule has 0 aliphatic carbocycles. The zero-order valence-corrected chi connectivity index (χ0v) is 18.0. The molecule has 1 aromatic carbocycles. The summed E-state index contributed by atoms with van der Waals surface area (Å²) in [6.45, 7) is 7.94. The van der Waals surface area contributed by atoms with E-state index in [0.29, 0.717) is 22.3 Å². The number of nitrogens with two attached hydrogens (primary N) is 1. The maximum Gasteiger partial charge on any atom is 0.325 e. The summed E-state index contributed by atoms with van der Waals surface area (Å²) in [5.74, 6) is 0.764. The number of hydrogen-bond acceptors (Lipinski definition) is 6. The summed E-state index contributed by atoms with van der Waals surface area (Å²) in [4.78, 5) is 32.9. The van der Waals surface area contributed by atoms with Crippen molar-refractivity contribution in [2.24, 2.45) is 5.73 Å². The van der Waals surface area contributed by atoms with Gasteiger partial charge in [0.25, 0.3) is 0 Å². The number of primary amides is 1. The van der Waals surface area contributed by atoms with Crippen molar-refractivity contribution in [2.45, 2.75) is 33.1 Å². The van der Waals surface area contributed by atoms with Crippen LogP contribution in [-0.4, -0.2) is 21.9 Å². The largest absolute Gasteiger partial charge is 0.441 e. The first-order valence-electron chi connectivity index (χ1n) is 9.20. The Labute approximate surface area is 178 Å². The number of thiazole rings is 1. The van der Waals surface area contributed by atoms with E-state index in [9.17, 15) is 9.59 Å². The monoisotopic (exact) mass is 425 g/mol. The van der Waals surface area contributed by atoms with Crippen LogP contribution >= 0.6 is 11.3 Å². The van der Waals surface area contributed by atoms with Crippen molar-refractivity contribution in [3.8, 4) is 0 Å². The zero-order valence-electron chi connectivity index (χ0n) is 17.1. The molecule has 30 heavy (non-hydrogen) atoms. The SMILES string of the molecule is Cc1ccc(NC(=O)Nc2ncc(/C=C/c3ncc(C(C)(C)C)o3)s2)cc1C(N)=O. The lowest BCUT2D eigenvalue weighted by Gasteiger charge is -2.12. The lowest BCUT2D eigenvalue weighted by Crippen LogP contribution is -2.20. The smallest absolute Gasteiger partial charge is 0.325 e. The number of aromatic nitrogens is 2. The van der Waals surface area contributed by atoms with E-state index < -0.39 is 11.9 Å². The number of urea groups is 1. The van der Waals surface area contributed by atoms with Crippen LogP contribution in [0.4, 0.5) is 15.6 Å². The van der Waals surface area contributed by atoms with E-state index in [1.165, 1.54) is 17.4 Å². The van der Waals surface area contributed by atoms with Gasteiger partial charge in [0.1, 0.15) is 5.76 Å². The number of anilines is 2. The van der Waals surface area contributed by atoms with E-state index in [1.807, 2.05) is 6.08 Å². The van der Waals surface area contributed by atoms with Gasteiger partial charge in [0.15, 0.2) is 5.13 Å². The fourth-order valence-electron chi connectivity index (χ4n) is 2.51. The number of rotatable bonds is 5. The third-order valence-corrected chi connectivity index (χ3v) is 5.04. The molecule has 0 atom stereocenters. The Hall–Kier alpha value is -3.46. The summed E-state index contributed by atoms with van der Waals surface area (Å²) in [5.41, 5.74) is 6.79. The van der Waals surface area contributed by atoms with E-state index >= 15 is 0 Å². The van der Waals surface area contributed by atoms with Gasteiger partial charge in [0.2, 0.25) is 11.8 Å². The third-order valence-electron chi connectivity index (χ3n) is 4.16. The predicted molar refractivity (Wildman–Crippen MR) is 119 cm³/mol. The summed E-state index contributed by atoms with van der Waals surface area (Å²) in [6.07, 6.45) is 6.93. The number of benzene rings is 1. The van der Waals surface area contributed by atoms with Gasteiger partial charge in [-0.15, -0.1) is 0 Å². The van der Waals surface area contributed by atoms with Gasteiger partial charge in [0.05, 0.1) is 6.20 Å². The van der Waals surface area contributed by atoms with Crippen molar-refractivity contribution in [1.29, 1.82) is 0 Å². The minimum Gasteiger partial charge on any atom is -0.441 e. The Morgan fingerprint density at radius 3 is 2.57 bits per heavy atom. The molecule has 0 unspecified atom stereocenters. The maximum absolute atomic E-state index is 12.2. The quantitative estimate of drug-likeness (QED) is 0.549. The Kier molecular flexibility index (Phi) is 6.02. The summed E-state index contributed by atoms with van der Waals surface area (Å²) in [6, 6.07) is 4.48. The first kappa shape index (κ1) is 21.3. The molecule has 3 aromatic rings. The van der Waals surface area contributed by atoms with E-state index in [4.69, 9.17) is 10.2 Å². The minimum absolute atomic E-state index is 0.107. The first-order valence-corrected chi connectivity index (χ1v) is 10.0. The number of hydrogen-bond donors (Lipinski definition) is 3. The van der Waals surface area contributed by atoms with Crippen molar-refractivity contribution >= 4 is 46.2 Å². The topological polar surface area (TPSA) is 123 Å². The average molecular weight is 426 g/mol. The van der Waals surface area contributed by atoms with Gasteiger partial charge in [-0.2, -0.15) is 0 Å². The molecule has 4 N–H and O–H groups in total. The Bertz CT molecular complexity index is 1110. The standard InChI is InChI=1S/C21H23N5O3S/c1-12-5-6-13(9-15(12)18(22)27)25-19(28)26-20-24-10-14(30-20)7-8-17-23-11-16(29-17)21(2,3)4/h5-11H,1-4H3,(H2,22,27)(H2,24,25,26,28)/b8-7+.